The van der Waals surface area contributed by atoms with Crippen molar-refractivity contribution in [1.82, 2.24) is 4.90 Å². The van der Waals surface area contributed by atoms with E-state index in [2.05, 4.69) is 17.1 Å². The van der Waals surface area contributed by atoms with Crippen LogP contribution in [0.15, 0.2) is 18.2 Å². The zero-order valence-electron chi connectivity index (χ0n) is 10.2. The summed E-state index contributed by atoms with van der Waals surface area (Å²) in [7, 11) is 0. The number of halogens is 1. The molecule has 17 heavy (non-hydrogen) atoms. The van der Waals surface area contributed by atoms with Crippen LogP contribution in [-0.4, -0.2) is 30.6 Å². The standard InChI is InChI=1S/C13H20FN3/c1-2-17(13-3-4-13)6-5-16-12-8-10(14)7-11(15)9-12/h7-9,13,16H,2-6,15H2,1H3. The van der Waals surface area contributed by atoms with Crippen LogP contribution in [0, 0.1) is 5.82 Å². The summed E-state index contributed by atoms with van der Waals surface area (Å²) in [6, 6.07) is 5.34. The van der Waals surface area contributed by atoms with E-state index in [1.165, 1.54) is 25.0 Å². The van der Waals surface area contributed by atoms with E-state index < -0.39 is 0 Å². The fraction of sp³-hybridized carbons (Fsp3) is 0.538. The Kier molecular flexibility index (Phi) is 3.84. The number of nitrogen functional groups attached to an aromatic ring is 1. The lowest BCUT2D eigenvalue weighted by atomic mass is 10.2. The Hall–Kier alpha value is -1.29. The third-order valence-electron chi connectivity index (χ3n) is 3.12. The van der Waals surface area contributed by atoms with Gasteiger partial charge in [-0.3, -0.25) is 4.90 Å². The Morgan fingerprint density at radius 3 is 2.76 bits per heavy atom. The van der Waals surface area contributed by atoms with Gasteiger partial charge in [-0.1, -0.05) is 6.92 Å². The second-order valence-corrected chi connectivity index (χ2v) is 4.56. The molecule has 2 rings (SSSR count). The highest BCUT2D eigenvalue weighted by atomic mass is 19.1. The summed E-state index contributed by atoms with van der Waals surface area (Å²) in [5.74, 6) is -0.290. The molecular weight excluding hydrogens is 217 g/mol. The van der Waals surface area contributed by atoms with Crippen LogP contribution >= 0.6 is 0 Å². The minimum absolute atomic E-state index is 0.290. The van der Waals surface area contributed by atoms with E-state index >= 15 is 0 Å². The van der Waals surface area contributed by atoms with E-state index in [0.717, 1.165) is 31.4 Å². The third-order valence-corrected chi connectivity index (χ3v) is 3.12. The smallest absolute Gasteiger partial charge is 0.127 e. The normalized spacial score (nSPS) is 15.2. The molecule has 0 spiro atoms. The zero-order valence-corrected chi connectivity index (χ0v) is 10.2. The minimum atomic E-state index is -0.290. The van der Waals surface area contributed by atoms with Crippen LogP contribution in [0.4, 0.5) is 15.8 Å². The van der Waals surface area contributed by atoms with Gasteiger partial charge in [0.05, 0.1) is 0 Å². The zero-order chi connectivity index (χ0) is 12.3. The molecule has 1 fully saturated rings. The fourth-order valence-electron chi connectivity index (χ4n) is 2.10. The van der Waals surface area contributed by atoms with Gasteiger partial charge >= 0.3 is 0 Å². The molecule has 0 amide bonds. The molecule has 3 nitrogen and oxygen atoms in total. The van der Waals surface area contributed by atoms with Gasteiger partial charge < -0.3 is 11.1 Å². The molecule has 0 radical (unpaired) electrons. The Bertz CT molecular complexity index is 357. The van der Waals surface area contributed by atoms with Crippen LogP contribution in [0.25, 0.3) is 0 Å². The highest BCUT2D eigenvalue weighted by molar-refractivity contribution is 5.54. The summed E-state index contributed by atoms with van der Waals surface area (Å²) in [5, 5.41) is 3.21. The van der Waals surface area contributed by atoms with E-state index in [0.29, 0.717) is 5.69 Å². The van der Waals surface area contributed by atoms with Crippen LogP contribution in [-0.2, 0) is 0 Å². The van der Waals surface area contributed by atoms with Gasteiger partial charge in [0, 0.05) is 30.5 Å². The first-order valence-electron chi connectivity index (χ1n) is 6.23. The van der Waals surface area contributed by atoms with Gasteiger partial charge in [0.15, 0.2) is 0 Å². The van der Waals surface area contributed by atoms with E-state index in [4.69, 9.17) is 5.73 Å². The van der Waals surface area contributed by atoms with Crippen LogP contribution < -0.4 is 11.1 Å². The van der Waals surface area contributed by atoms with Gasteiger partial charge in [-0.2, -0.15) is 0 Å². The summed E-state index contributed by atoms with van der Waals surface area (Å²) in [5.41, 5.74) is 6.80. The van der Waals surface area contributed by atoms with Crippen molar-refractivity contribution in [3.63, 3.8) is 0 Å². The number of rotatable bonds is 6. The van der Waals surface area contributed by atoms with Gasteiger partial charge in [-0.05, 0) is 37.6 Å². The van der Waals surface area contributed by atoms with Gasteiger partial charge in [0.2, 0.25) is 0 Å². The summed E-state index contributed by atoms with van der Waals surface area (Å²) in [6.07, 6.45) is 2.64. The van der Waals surface area contributed by atoms with Gasteiger partial charge in [-0.25, -0.2) is 4.39 Å². The van der Waals surface area contributed by atoms with Crippen molar-refractivity contribution in [2.24, 2.45) is 0 Å². The monoisotopic (exact) mass is 237 g/mol. The van der Waals surface area contributed by atoms with Crippen LogP contribution in [0.3, 0.4) is 0 Å². The minimum Gasteiger partial charge on any atom is -0.399 e. The lowest BCUT2D eigenvalue weighted by Gasteiger charge is -2.20. The third kappa shape index (κ3) is 3.60. The lowest BCUT2D eigenvalue weighted by molar-refractivity contribution is 0.289. The van der Waals surface area contributed by atoms with Crippen molar-refractivity contribution < 1.29 is 4.39 Å². The van der Waals surface area contributed by atoms with Crippen LogP contribution in [0.2, 0.25) is 0 Å². The summed E-state index contributed by atoms with van der Waals surface area (Å²) in [4.78, 5) is 2.45. The van der Waals surface area contributed by atoms with Gasteiger partial charge in [-0.15, -0.1) is 0 Å². The van der Waals surface area contributed by atoms with E-state index in [-0.39, 0.29) is 5.82 Å². The first-order chi connectivity index (χ1) is 8.19. The second-order valence-electron chi connectivity index (χ2n) is 4.56. The number of hydrogen-bond donors (Lipinski definition) is 2. The maximum Gasteiger partial charge on any atom is 0.127 e. The molecule has 3 N–H and O–H groups in total. The molecule has 1 aromatic carbocycles. The molecule has 0 atom stereocenters. The quantitative estimate of drug-likeness (QED) is 0.746. The van der Waals surface area contributed by atoms with Crippen molar-refractivity contribution in [1.29, 1.82) is 0 Å². The Labute approximate surface area is 102 Å². The van der Waals surface area contributed by atoms with Crippen molar-refractivity contribution in [3.8, 4) is 0 Å². The molecule has 0 unspecified atom stereocenters. The molecule has 0 aromatic heterocycles. The van der Waals surface area contributed by atoms with Crippen LogP contribution in [0.1, 0.15) is 19.8 Å². The van der Waals surface area contributed by atoms with Gasteiger partial charge in [0.1, 0.15) is 5.82 Å². The Balaban J connectivity index is 1.80. The number of hydrogen-bond acceptors (Lipinski definition) is 3. The average molecular weight is 237 g/mol. The lowest BCUT2D eigenvalue weighted by Crippen LogP contribution is -2.30. The van der Waals surface area contributed by atoms with Crippen molar-refractivity contribution >= 4 is 11.4 Å². The van der Waals surface area contributed by atoms with Gasteiger partial charge in [0.25, 0.3) is 0 Å². The molecule has 0 aliphatic heterocycles. The molecule has 1 aliphatic carbocycles. The maximum absolute atomic E-state index is 13.1. The van der Waals surface area contributed by atoms with Crippen molar-refractivity contribution in [2.75, 3.05) is 30.7 Å². The molecule has 0 heterocycles. The molecule has 0 saturated heterocycles. The van der Waals surface area contributed by atoms with Crippen LogP contribution in [0.5, 0.6) is 0 Å². The molecule has 0 bridgehead atoms. The number of anilines is 2. The number of nitrogens with zero attached hydrogens (tertiary/aromatic N) is 1. The summed E-state index contributed by atoms with van der Waals surface area (Å²) < 4.78 is 13.1. The van der Waals surface area contributed by atoms with Crippen molar-refractivity contribution in [3.05, 3.63) is 24.0 Å². The summed E-state index contributed by atoms with van der Waals surface area (Å²) >= 11 is 0. The predicted octanol–water partition coefficient (Wildman–Crippen LogP) is 2.30. The first kappa shape index (κ1) is 12.2. The Morgan fingerprint density at radius 1 is 1.41 bits per heavy atom. The molecular formula is C13H20FN3. The number of nitrogens with one attached hydrogen (secondary N) is 1. The fourth-order valence-corrected chi connectivity index (χ4v) is 2.10. The van der Waals surface area contributed by atoms with E-state index in [9.17, 15) is 4.39 Å². The highest BCUT2D eigenvalue weighted by Gasteiger charge is 2.26. The molecule has 1 saturated carbocycles. The molecule has 94 valence electrons. The number of nitrogens with two attached hydrogens (primary N) is 1. The topological polar surface area (TPSA) is 41.3 Å². The van der Waals surface area contributed by atoms with Crippen molar-refractivity contribution in [2.45, 2.75) is 25.8 Å². The first-order valence-corrected chi connectivity index (χ1v) is 6.23. The molecule has 1 aliphatic rings. The predicted molar refractivity (Wildman–Crippen MR) is 69.6 cm³/mol. The Morgan fingerprint density at radius 2 is 2.18 bits per heavy atom. The van der Waals surface area contributed by atoms with E-state index in [1.54, 1.807) is 6.07 Å². The SMILES string of the molecule is CCN(CCNc1cc(N)cc(F)c1)C1CC1. The second kappa shape index (κ2) is 5.36. The number of likely N-dealkylation sites (N-methyl/N-ethyl adjacent to an activating group) is 1. The highest BCUT2D eigenvalue weighted by Crippen LogP contribution is 2.26. The van der Waals surface area contributed by atoms with E-state index in [1.807, 2.05) is 0 Å². The summed E-state index contributed by atoms with van der Waals surface area (Å²) in [6.45, 7) is 5.08. The molecule has 1 aromatic rings. The largest absolute Gasteiger partial charge is 0.399 e. The maximum atomic E-state index is 13.1. The number of benzene rings is 1. The average Bonchev–Trinajstić information content (AvgIpc) is 3.07. The molecule has 4 heteroatoms.